The number of Topliss-reactive ketones (excluding diaryl/α,β-unsaturated/α-hetero) is 1. The second kappa shape index (κ2) is 9.03. The number of alkyl carbamates (subject to hydrolysis) is 1. The summed E-state index contributed by atoms with van der Waals surface area (Å²) in [5.74, 6) is 0.210. The maximum Gasteiger partial charge on any atom is 0.408 e. The van der Waals surface area contributed by atoms with Crippen molar-refractivity contribution in [2.45, 2.75) is 32.4 Å². The fourth-order valence-corrected chi connectivity index (χ4v) is 2.87. The topological polar surface area (TPSA) is 107 Å². The van der Waals surface area contributed by atoms with Crippen molar-refractivity contribution >= 4 is 23.5 Å². The highest BCUT2D eigenvalue weighted by atomic mass is 16.6. The molecular weight excluding hydrogens is 402 g/mol. The number of ether oxygens (including phenoxy) is 3. The number of nitrogens with zero attached hydrogens (tertiary/aromatic N) is 2. The number of hydrogen-bond acceptors (Lipinski definition) is 7. The fourth-order valence-electron chi connectivity index (χ4n) is 2.87. The highest BCUT2D eigenvalue weighted by Crippen LogP contribution is 2.34. The summed E-state index contributed by atoms with van der Waals surface area (Å²) < 4.78 is 16.5. The number of likely N-dealkylation sites (N-methyl/N-ethyl adjacent to an activating group) is 1. The molecule has 2 aromatic rings. The van der Waals surface area contributed by atoms with Crippen LogP contribution in [0.4, 0.5) is 10.5 Å². The molecule has 0 saturated carbocycles. The number of nitrogens with one attached hydrogen (secondary N) is 1. The first-order valence-electron chi connectivity index (χ1n) is 9.75. The van der Waals surface area contributed by atoms with Gasteiger partial charge in [0.2, 0.25) is 5.78 Å². The summed E-state index contributed by atoms with van der Waals surface area (Å²) in [6.45, 7) is 4.96. The van der Waals surface area contributed by atoms with Crippen LogP contribution in [0.15, 0.2) is 42.6 Å². The molecule has 0 bridgehead atoms. The maximum atomic E-state index is 12.8. The minimum absolute atomic E-state index is 0.0478. The van der Waals surface area contributed by atoms with Gasteiger partial charge >= 0.3 is 6.09 Å². The maximum absolute atomic E-state index is 12.8. The second-order valence-electron chi connectivity index (χ2n) is 7.96. The van der Waals surface area contributed by atoms with E-state index in [-0.39, 0.29) is 24.9 Å². The van der Waals surface area contributed by atoms with Crippen molar-refractivity contribution in [1.82, 2.24) is 10.3 Å². The molecule has 1 N–H and O–H groups in total. The van der Waals surface area contributed by atoms with Gasteiger partial charge in [-0.05, 0) is 45.0 Å². The zero-order valence-electron chi connectivity index (χ0n) is 17.9. The number of pyridine rings is 1. The summed E-state index contributed by atoms with van der Waals surface area (Å²) in [6, 6.07) is 9.04. The summed E-state index contributed by atoms with van der Waals surface area (Å²) in [6.07, 6.45) is 0.834. The van der Waals surface area contributed by atoms with Crippen LogP contribution in [-0.4, -0.2) is 54.7 Å². The Kier molecular flexibility index (Phi) is 6.43. The highest BCUT2D eigenvalue weighted by molar-refractivity contribution is 6.00. The lowest BCUT2D eigenvalue weighted by molar-refractivity contribution is -0.120. The van der Waals surface area contributed by atoms with Gasteiger partial charge in [-0.3, -0.25) is 14.6 Å². The molecule has 0 unspecified atom stereocenters. The lowest BCUT2D eigenvalue weighted by Gasteiger charge is -2.23. The fraction of sp³-hybridized carbons (Fsp3) is 0.364. The third-order valence-electron chi connectivity index (χ3n) is 4.34. The Hall–Kier alpha value is -3.62. The molecule has 2 amide bonds. The van der Waals surface area contributed by atoms with E-state index in [4.69, 9.17) is 14.2 Å². The van der Waals surface area contributed by atoms with Crippen LogP contribution in [-0.2, 0) is 9.53 Å². The molecule has 1 aromatic heterocycles. The van der Waals surface area contributed by atoms with Crippen molar-refractivity contribution < 1.29 is 28.6 Å². The van der Waals surface area contributed by atoms with Crippen LogP contribution >= 0.6 is 0 Å². The number of amides is 2. The van der Waals surface area contributed by atoms with Gasteiger partial charge in [0.25, 0.3) is 5.91 Å². The number of fused-ring (bicyclic) bond motifs is 1. The lowest BCUT2D eigenvalue weighted by atomic mass is 10.2. The number of anilines is 1. The number of ketones is 1. The van der Waals surface area contributed by atoms with Gasteiger partial charge in [-0.2, -0.15) is 0 Å². The van der Waals surface area contributed by atoms with Crippen LogP contribution in [0.25, 0.3) is 0 Å². The molecule has 3 rings (SSSR count). The predicted molar refractivity (Wildman–Crippen MR) is 113 cm³/mol. The number of aromatic nitrogens is 1. The van der Waals surface area contributed by atoms with E-state index in [1.54, 1.807) is 64.2 Å². The van der Waals surface area contributed by atoms with Crippen LogP contribution in [0.2, 0.25) is 0 Å². The van der Waals surface area contributed by atoms with Crippen molar-refractivity contribution in [2.75, 3.05) is 25.2 Å². The van der Waals surface area contributed by atoms with Gasteiger partial charge in [-0.15, -0.1) is 0 Å². The summed E-state index contributed by atoms with van der Waals surface area (Å²) >= 11 is 0. The zero-order valence-corrected chi connectivity index (χ0v) is 17.9. The van der Waals surface area contributed by atoms with E-state index >= 15 is 0 Å². The van der Waals surface area contributed by atoms with Crippen molar-refractivity contribution in [3.63, 3.8) is 0 Å². The van der Waals surface area contributed by atoms with Crippen LogP contribution in [0.5, 0.6) is 11.5 Å². The molecule has 0 radical (unpaired) electrons. The largest absolute Gasteiger partial charge is 0.489 e. The molecule has 0 aliphatic carbocycles. The van der Waals surface area contributed by atoms with Gasteiger partial charge in [-0.25, -0.2) is 4.79 Å². The quantitative estimate of drug-likeness (QED) is 0.731. The molecule has 1 aromatic carbocycles. The van der Waals surface area contributed by atoms with E-state index in [9.17, 15) is 14.4 Å². The molecule has 1 aliphatic heterocycles. The number of rotatable bonds is 5. The van der Waals surface area contributed by atoms with Crippen LogP contribution < -0.4 is 19.7 Å². The average molecular weight is 427 g/mol. The molecule has 0 fully saturated rings. The molecule has 9 nitrogen and oxygen atoms in total. The molecule has 1 atom stereocenters. The number of hydrogen-bond donors (Lipinski definition) is 1. The molecule has 2 heterocycles. The van der Waals surface area contributed by atoms with Gasteiger partial charge in [0.15, 0.2) is 6.61 Å². The predicted octanol–water partition coefficient (Wildman–Crippen LogP) is 2.59. The van der Waals surface area contributed by atoms with E-state index in [0.29, 0.717) is 22.9 Å². The zero-order chi connectivity index (χ0) is 22.6. The van der Waals surface area contributed by atoms with E-state index in [2.05, 4.69) is 10.3 Å². The average Bonchev–Trinajstić information content (AvgIpc) is 2.83. The Morgan fingerprint density at radius 1 is 1.26 bits per heavy atom. The van der Waals surface area contributed by atoms with E-state index in [1.807, 2.05) is 0 Å². The molecular formula is C22H25N3O6. The van der Waals surface area contributed by atoms with E-state index < -0.39 is 17.7 Å². The van der Waals surface area contributed by atoms with Crippen molar-refractivity contribution in [3.8, 4) is 11.5 Å². The molecule has 164 valence electrons. The molecule has 9 heteroatoms. The molecule has 1 aliphatic rings. The summed E-state index contributed by atoms with van der Waals surface area (Å²) in [5, 5.41) is 2.54. The Bertz CT molecular complexity index is 971. The lowest BCUT2D eigenvalue weighted by Crippen LogP contribution is -2.50. The second-order valence-corrected chi connectivity index (χ2v) is 7.96. The number of carbonyl (C=O) groups is 3. The Balaban J connectivity index is 1.68. The smallest absolute Gasteiger partial charge is 0.408 e. The van der Waals surface area contributed by atoms with Gasteiger partial charge in [0, 0.05) is 19.3 Å². The van der Waals surface area contributed by atoms with Crippen molar-refractivity contribution in [1.29, 1.82) is 0 Å². The highest BCUT2D eigenvalue weighted by Gasteiger charge is 2.32. The minimum Gasteiger partial charge on any atom is -0.489 e. The molecule has 31 heavy (non-hydrogen) atoms. The third-order valence-corrected chi connectivity index (χ3v) is 4.34. The third kappa shape index (κ3) is 5.71. The van der Waals surface area contributed by atoms with Crippen LogP contribution in [0.1, 0.15) is 31.3 Å². The monoisotopic (exact) mass is 427 g/mol. The number of carbonyl (C=O) groups excluding carboxylic acids is 3. The van der Waals surface area contributed by atoms with Crippen LogP contribution in [0, 0.1) is 0 Å². The van der Waals surface area contributed by atoms with Crippen LogP contribution in [0.3, 0.4) is 0 Å². The van der Waals surface area contributed by atoms with E-state index in [1.165, 1.54) is 11.1 Å². The molecule has 0 saturated heterocycles. The number of benzene rings is 1. The Labute approximate surface area is 180 Å². The van der Waals surface area contributed by atoms with Gasteiger partial charge in [-0.1, -0.05) is 6.07 Å². The van der Waals surface area contributed by atoms with Crippen molar-refractivity contribution in [2.24, 2.45) is 0 Å². The first-order chi connectivity index (χ1) is 14.6. The Morgan fingerprint density at radius 3 is 2.71 bits per heavy atom. The van der Waals surface area contributed by atoms with Crippen molar-refractivity contribution in [3.05, 3.63) is 48.3 Å². The standard InChI is InChI=1S/C22H25N3O6/c1-22(2,3)31-21(28)24-16-12-30-19-9-8-14(11-17(19)25(4)20(16)27)29-13-18(26)15-7-5-6-10-23-15/h5-11,16H,12-13H2,1-4H3,(H,24,28)/t16-/m0/s1. The normalized spacial score (nSPS) is 15.9. The summed E-state index contributed by atoms with van der Waals surface area (Å²) in [7, 11) is 1.57. The first kappa shape index (κ1) is 22.1. The summed E-state index contributed by atoms with van der Waals surface area (Å²) in [5.41, 5.74) is 0.0808. The summed E-state index contributed by atoms with van der Waals surface area (Å²) in [4.78, 5) is 42.5. The van der Waals surface area contributed by atoms with Gasteiger partial charge < -0.3 is 24.4 Å². The molecule has 0 spiro atoms. The van der Waals surface area contributed by atoms with E-state index in [0.717, 1.165) is 0 Å². The van der Waals surface area contributed by atoms with Gasteiger partial charge in [0.1, 0.15) is 35.4 Å². The first-order valence-corrected chi connectivity index (χ1v) is 9.75. The van der Waals surface area contributed by atoms with Gasteiger partial charge in [0.05, 0.1) is 5.69 Å². The Morgan fingerprint density at radius 2 is 2.03 bits per heavy atom. The minimum atomic E-state index is -0.914. The SMILES string of the molecule is CN1C(=O)[C@@H](NC(=O)OC(C)(C)C)COc2ccc(OCC(=O)c3ccccn3)cc21.